The van der Waals surface area contributed by atoms with Crippen molar-refractivity contribution in [2.24, 2.45) is 7.05 Å². The van der Waals surface area contributed by atoms with E-state index in [1.165, 1.54) is 8.99 Å². The summed E-state index contributed by atoms with van der Waals surface area (Å²) in [4.78, 5) is 0. The van der Waals surface area contributed by atoms with Crippen LogP contribution in [0.1, 0.15) is 6.92 Å². The standard InChI is InChI=1S/C9H14Br2N4O3S/c1-6-4-15(5-7(3-10)18-6)19(16,17)9-8(11)12-13-14(9)2/h6-7H,3-5H2,1-2H3. The summed E-state index contributed by atoms with van der Waals surface area (Å²) in [6.45, 7) is 2.49. The Labute approximate surface area is 128 Å². The van der Waals surface area contributed by atoms with Gasteiger partial charge in [0.15, 0.2) is 4.60 Å². The summed E-state index contributed by atoms with van der Waals surface area (Å²) in [7, 11) is -2.08. The lowest BCUT2D eigenvalue weighted by molar-refractivity contribution is -0.0412. The van der Waals surface area contributed by atoms with Gasteiger partial charge in [0.2, 0.25) is 5.03 Å². The molecule has 10 heteroatoms. The van der Waals surface area contributed by atoms with Crippen molar-refractivity contribution in [3.8, 4) is 0 Å². The van der Waals surface area contributed by atoms with E-state index >= 15 is 0 Å². The molecular weight excluding hydrogens is 404 g/mol. The van der Waals surface area contributed by atoms with Gasteiger partial charge in [-0.3, -0.25) is 0 Å². The van der Waals surface area contributed by atoms with Crippen LogP contribution in [0.15, 0.2) is 9.63 Å². The number of rotatable bonds is 3. The van der Waals surface area contributed by atoms with Gasteiger partial charge < -0.3 is 4.74 Å². The Balaban J connectivity index is 2.34. The van der Waals surface area contributed by atoms with Gasteiger partial charge in [0.05, 0.1) is 12.2 Å². The van der Waals surface area contributed by atoms with Gasteiger partial charge in [-0.1, -0.05) is 21.1 Å². The van der Waals surface area contributed by atoms with E-state index in [1.54, 1.807) is 7.05 Å². The van der Waals surface area contributed by atoms with Crippen LogP contribution in [-0.4, -0.2) is 58.3 Å². The molecule has 0 spiro atoms. The molecule has 2 rings (SSSR count). The zero-order valence-electron chi connectivity index (χ0n) is 10.5. The first kappa shape index (κ1) is 15.4. The molecule has 2 heterocycles. The van der Waals surface area contributed by atoms with Crippen LogP contribution in [0.3, 0.4) is 0 Å². The molecule has 0 radical (unpaired) electrons. The summed E-state index contributed by atoms with van der Waals surface area (Å²) < 4.78 is 33.8. The largest absolute Gasteiger partial charge is 0.372 e. The number of aromatic nitrogens is 3. The quantitative estimate of drug-likeness (QED) is 0.678. The Morgan fingerprint density at radius 1 is 1.47 bits per heavy atom. The molecule has 2 unspecified atom stereocenters. The van der Waals surface area contributed by atoms with Crippen molar-refractivity contribution in [3.05, 3.63) is 4.60 Å². The number of hydrogen-bond donors (Lipinski definition) is 0. The highest BCUT2D eigenvalue weighted by Crippen LogP contribution is 2.25. The first-order chi connectivity index (χ1) is 8.86. The Kier molecular flexibility index (Phi) is 4.66. The van der Waals surface area contributed by atoms with Crippen molar-refractivity contribution in [1.82, 2.24) is 19.3 Å². The first-order valence-electron chi connectivity index (χ1n) is 5.63. The Morgan fingerprint density at radius 3 is 2.68 bits per heavy atom. The fraction of sp³-hybridized carbons (Fsp3) is 0.778. The van der Waals surface area contributed by atoms with E-state index in [1.807, 2.05) is 6.92 Å². The molecule has 0 aromatic carbocycles. The number of sulfonamides is 1. The predicted molar refractivity (Wildman–Crippen MR) is 75.6 cm³/mol. The average molecular weight is 418 g/mol. The molecule has 1 aromatic rings. The van der Waals surface area contributed by atoms with Crippen LogP contribution in [0.5, 0.6) is 0 Å². The third-order valence-corrected chi connectivity index (χ3v) is 6.23. The Bertz CT molecular complexity index is 542. The van der Waals surface area contributed by atoms with Crippen molar-refractivity contribution in [3.63, 3.8) is 0 Å². The molecule has 1 aliphatic heterocycles. The van der Waals surface area contributed by atoms with Crippen molar-refractivity contribution < 1.29 is 13.2 Å². The van der Waals surface area contributed by atoms with Crippen LogP contribution in [-0.2, 0) is 21.8 Å². The van der Waals surface area contributed by atoms with Gasteiger partial charge in [-0.05, 0) is 22.9 Å². The lowest BCUT2D eigenvalue weighted by atomic mass is 10.3. The monoisotopic (exact) mass is 416 g/mol. The van der Waals surface area contributed by atoms with E-state index in [2.05, 4.69) is 42.2 Å². The molecule has 7 nitrogen and oxygen atoms in total. The summed E-state index contributed by atoms with van der Waals surface area (Å²) in [5.74, 6) is 0. The topological polar surface area (TPSA) is 77.3 Å². The zero-order chi connectivity index (χ0) is 14.2. The number of hydrogen-bond acceptors (Lipinski definition) is 5. The maximum absolute atomic E-state index is 12.6. The molecule has 0 aliphatic carbocycles. The Hall–Kier alpha value is -0.0300. The molecule has 1 fully saturated rings. The molecule has 2 atom stereocenters. The minimum atomic E-state index is -3.63. The number of halogens is 2. The summed E-state index contributed by atoms with van der Waals surface area (Å²) in [6.07, 6.45) is -0.301. The van der Waals surface area contributed by atoms with Gasteiger partial charge in [0.1, 0.15) is 0 Å². The summed E-state index contributed by atoms with van der Waals surface area (Å²) in [6, 6.07) is 0. The second-order valence-electron chi connectivity index (χ2n) is 4.35. The zero-order valence-corrected chi connectivity index (χ0v) is 14.4. The van der Waals surface area contributed by atoms with E-state index in [0.717, 1.165) is 0 Å². The summed E-state index contributed by atoms with van der Waals surface area (Å²) in [5.41, 5.74) is 0. The molecule has 0 amide bonds. The highest BCUT2D eigenvalue weighted by Gasteiger charge is 2.36. The number of alkyl halides is 1. The number of morpholine rings is 1. The molecular formula is C9H14Br2N4O3S. The third-order valence-electron chi connectivity index (χ3n) is 2.79. The van der Waals surface area contributed by atoms with Gasteiger partial charge in [-0.15, -0.1) is 5.10 Å². The number of nitrogens with zero attached hydrogens (tertiary/aromatic N) is 4. The smallest absolute Gasteiger partial charge is 0.263 e. The second-order valence-corrected chi connectivity index (χ2v) is 7.61. The fourth-order valence-corrected chi connectivity index (χ4v) is 4.94. The molecule has 1 aromatic heterocycles. The van der Waals surface area contributed by atoms with E-state index in [4.69, 9.17) is 4.74 Å². The van der Waals surface area contributed by atoms with Gasteiger partial charge in [-0.2, -0.15) is 4.31 Å². The molecule has 0 saturated carbocycles. The molecule has 1 aliphatic rings. The average Bonchev–Trinajstić information content (AvgIpc) is 2.68. The minimum Gasteiger partial charge on any atom is -0.372 e. The first-order valence-corrected chi connectivity index (χ1v) is 8.98. The Morgan fingerprint density at radius 2 is 2.16 bits per heavy atom. The third kappa shape index (κ3) is 3.02. The fourth-order valence-electron chi connectivity index (χ4n) is 2.00. The van der Waals surface area contributed by atoms with Crippen molar-refractivity contribution >= 4 is 41.9 Å². The second kappa shape index (κ2) is 5.76. The van der Waals surface area contributed by atoms with Crippen molar-refractivity contribution in [2.75, 3.05) is 18.4 Å². The lowest BCUT2D eigenvalue weighted by Gasteiger charge is -2.35. The normalized spacial score (nSPS) is 25.7. The maximum Gasteiger partial charge on any atom is 0.263 e. The number of ether oxygens (including phenoxy) is 1. The van der Waals surface area contributed by atoms with E-state index in [9.17, 15) is 8.42 Å². The molecule has 108 valence electrons. The van der Waals surface area contributed by atoms with Crippen LogP contribution < -0.4 is 0 Å². The molecule has 1 saturated heterocycles. The van der Waals surface area contributed by atoms with E-state index in [-0.39, 0.29) is 21.8 Å². The molecule has 19 heavy (non-hydrogen) atoms. The minimum absolute atomic E-state index is 0.0647. The highest BCUT2D eigenvalue weighted by molar-refractivity contribution is 9.10. The maximum atomic E-state index is 12.6. The van der Waals surface area contributed by atoms with Gasteiger partial charge >= 0.3 is 0 Å². The van der Waals surface area contributed by atoms with Gasteiger partial charge in [0.25, 0.3) is 10.0 Å². The van der Waals surface area contributed by atoms with Gasteiger partial charge in [-0.25, -0.2) is 13.1 Å². The predicted octanol–water partition coefficient (Wildman–Crippen LogP) is 0.750. The van der Waals surface area contributed by atoms with E-state index in [0.29, 0.717) is 18.4 Å². The van der Waals surface area contributed by atoms with Crippen molar-refractivity contribution in [2.45, 2.75) is 24.2 Å². The molecule has 0 bridgehead atoms. The van der Waals surface area contributed by atoms with Crippen LogP contribution in [0.4, 0.5) is 0 Å². The van der Waals surface area contributed by atoms with Crippen LogP contribution in [0.25, 0.3) is 0 Å². The van der Waals surface area contributed by atoms with Crippen LogP contribution in [0, 0.1) is 0 Å². The highest BCUT2D eigenvalue weighted by atomic mass is 79.9. The van der Waals surface area contributed by atoms with Gasteiger partial charge in [0, 0.05) is 25.5 Å². The van der Waals surface area contributed by atoms with Crippen LogP contribution in [0.2, 0.25) is 0 Å². The van der Waals surface area contributed by atoms with E-state index < -0.39 is 10.0 Å². The molecule has 0 N–H and O–H groups in total. The van der Waals surface area contributed by atoms with Crippen molar-refractivity contribution in [1.29, 1.82) is 0 Å². The number of aryl methyl sites for hydroxylation is 1. The summed E-state index contributed by atoms with van der Waals surface area (Å²) in [5, 5.41) is 8.08. The lowest BCUT2D eigenvalue weighted by Crippen LogP contribution is -2.50. The SMILES string of the molecule is CC1CN(S(=O)(=O)c2c(Br)nnn2C)CC(CBr)O1. The summed E-state index contributed by atoms with van der Waals surface area (Å²) >= 11 is 6.45. The van der Waals surface area contributed by atoms with Crippen LogP contribution >= 0.6 is 31.9 Å².